The van der Waals surface area contributed by atoms with Gasteiger partial charge >= 0.3 is 94.9 Å². The van der Waals surface area contributed by atoms with Gasteiger partial charge in [0, 0.05) is 19.3 Å². The van der Waals surface area contributed by atoms with Crippen LogP contribution in [0.2, 0.25) is 0 Å². The topological polar surface area (TPSA) is 239 Å². The molecule has 0 rings (SSSR count). The first-order chi connectivity index (χ1) is 12.9. The van der Waals surface area contributed by atoms with Crippen LogP contribution in [0.15, 0.2) is 0 Å². The minimum absolute atomic E-state index is 0. The molecule has 3 atom stereocenters. The number of carbonyl (C=O) groups is 6. The largest absolute Gasteiger partial charge is 1.00 e. The van der Waals surface area contributed by atoms with Gasteiger partial charge in [-0.25, -0.2) is 4.79 Å². The molecule has 0 spiro atoms. The van der Waals surface area contributed by atoms with Crippen LogP contribution in [0.25, 0.3) is 0 Å². The summed E-state index contributed by atoms with van der Waals surface area (Å²) in [5.74, 6) is -6.76. The SMILES string of the molecule is N[C@@H](CCC(=O)OC(=O)CC[C@H](N)C(=O)OC(=O)CC[C@H](N)C(=O)O)C(=O)O.[H-].[H-].[Na+].[Na+]. The van der Waals surface area contributed by atoms with Gasteiger partial charge in [-0.2, -0.15) is 0 Å². The summed E-state index contributed by atoms with van der Waals surface area (Å²) in [6.07, 6.45) is -1.99. The Kier molecular flexibility index (Phi) is 20.0. The fraction of sp³-hybridized carbons (Fsp3) is 0.600. The zero-order valence-corrected chi connectivity index (χ0v) is 20.9. The van der Waals surface area contributed by atoms with E-state index in [0.29, 0.717) is 0 Å². The average molecular weight is 453 g/mol. The minimum Gasteiger partial charge on any atom is -1.00 e. The first kappa shape index (κ1) is 33.7. The molecule has 8 N–H and O–H groups in total. The summed E-state index contributed by atoms with van der Waals surface area (Å²) in [4.78, 5) is 66.9. The summed E-state index contributed by atoms with van der Waals surface area (Å²) in [6.45, 7) is 0. The minimum atomic E-state index is -1.36. The van der Waals surface area contributed by atoms with Crippen molar-refractivity contribution >= 4 is 35.8 Å². The third kappa shape index (κ3) is 15.9. The molecule has 0 saturated carbocycles. The Morgan fingerprint density at radius 1 is 0.633 bits per heavy atom. The van der Waals surface area contributed by atoms with E-state index in [-0.39, 0.29) is 87.7 Å². The van der Waals surface area contributed by atoms with Crippen molar-refractivity contribution in [3.05, 3.63) is 0 Å². The second-order valence-electron chi connectivity index (χ2n) is 5.75. The van der Waals surface area contributed by atoms with Crippen LogP contribution >= 0.6 is 0 Å². The van der Waals surface area contributed by atoms with Crippen molar-refractivity contribution in [2.75, 3.05) is 0 Å². The second-order valence-corrected chi connectivity index (χ2v) is 5.75. The monoisotopic (exact) mass is 453 g/mol. The normalized spacial score (nSPS) is 12.8. The summed E-state index contributed by atoms with van der Waals surface area (Å²) in [6, 6.07) is -3.91. The van der Waals surface area contributed by atoms with Gasteiger partial charge in [0.2, 0.25) is 0 Å². The molecule has 0 bridgehead atoms. The molecule has 0 aromatic heterocycles. The van der Waals surface area contributed by atoms with E-state index in [9.17, 15) is 28.8 Å². The number of aliphatic carboxylic acids is 2. The maximum atomic E-state index is 11.6. The maximum absolute atomic E-state index is 11.6. The smallest absolute Gasteiger partial charge is 1.00 e. The molecule has 0 saturated heterocycles. The number of esters is 4. The quantitative estimate of drug-likeness (QED) is 0.105. The van der Waals surface area contributed by atoms with E-state index in [1.165, 1.54) is 0 Å². The molecular weight excluding hydrogens is 428 g/mol. The standard InChI is InChI=1S/C15H23N3O10.2Na.2H/c16-7(13(22)23)1-4-10(19)27-11(20)6-3-9(18)15(26)28-12(21)5-2-8(17)14(24)25;;;;/h7-9H,1-6,16-18H2,(H,22,23)(H,24,25);;;;/q;2*+1;2*-1/t7-,8-,9-;;;;/m0..../s1. The first-order valence-corrected chi connectivity index (χ1v) is 8.14. The molecule has 0 aromatic carbocycles. The summed E-state index contributed by atoms with van der Waals surface area (Å²) < 4.78 is 8.81. The van der Waals surface area contributed by atoms with Gasteiger partial charge in [-0.1, -0.05) is 0 Å². The van der Waals surface area contributed by atoms with Gasteiger partial charge in [-0.3, -0.25) is 24.0 Å². The molecule has 0 aliphatic heterocycles. The molecule has 0 fully saturated rings. The van der Waals surface area contributed by atoms with Gasteiger partial charge in [0.15, 0.2) is 0 Å². The number of hydrogen-bond donors (Lipinski definition) is 5. The fourth-order valence-corrected chi connectivity index (χ4v) is 1.65. The third-order valence-electron chi connectivity index (χ3n) is 3.36. The van der Waals surface area contributed by atoms with Crippen molar-refractivity contribution in [3.8, 4) is 0 Å². The van der Waals surface area contributed by atoms with E-state index in [4.69, 9.17) is 27.4 Å². The van der Waals surface area contributed by atoms with Gasteiger partial charge in [-0.05, 0) is 19.3 Å². The Hall–Kier alpha value is -0.900. The van der Waals surface area contributed by atoms with Crippen LogP contribution in [0.5, 0.6) is 0 Å². The average Bonchev–Trinajstić information content (AvgIpc) is 2.61. The second kappa shape index (κ2) is 17.7. The number of nitrogens with two attached hydrogens (primary N) is 3. The van der Waals surface area contributed by atoms with E-state index in [1.807, 2.05) is 0 Å². The van der Waals surface area contributed by atoms with Crippen LogP contribution in [0.1, 0.15) is 41.4 Å². The molecule has 13 nitrogen and oxygen atoms in total. The van der Waals surface area contributed by atoms with E-state index >= 15 is 0 Å². The number of carboxylic acids is 2. The van der Waals surface area contributed by atoms with Crippen LogP contribution in [0.4, 0.5) is 0 Å². The summed E-state index contributed by atoms with van der Waals surface area (Å²) in [5.41, 5.74) is 15.9. The van der Waals surface area contributed by atoms with Gasteiger partial charge in [0.1, 0.15) is 18.1 Å². The maximum Gasteiger partial charge on any atom is 1.00 e. The molecular formula is C15H25N3Na2O10. The molecule has 0 unspecified atom stereocenters. The Bertz CT molecular complexity index is 643. The fourth-order valence-electron chi connectivity index (χ4n) is 1.65. The predicted octanol–water partition coefficient (Wildman–Crippen LogP) is -8.15. The van der Waals surface area contributed by atoms with Crippen LogP contribution in [-0.4, -0.2) is 64.2 Å². The van der Waals surface area contributed by atoms with E-state index in [0.717, 1.165) is 0 Å². The molecule has 15 heteroatoms. The van der Waals surface area contributed by atoms with E-state index < -0.39 is 66.8 Å². The van der Waals surface area contributed by atoms with E-state index in [2.05, 4.69) is 9.47 Å². The summed E-state index contributed by atoms with van der Waals surface area (Å²) in [5, 5.41) is 17.1. The Labute approximate surface area is 218 Å². The summed E-state index contributed by atoms with van der Waals surface area (Å²) >= 11 is 0. The Balaban J connectivity index is -0.000000607. The zero-order valence-electron chi connectivity index (χ0n) is 18.9. The Morgan fingerprint density at radius 3 is 1.27 bits per heavy atom. The molecule has 0 aromatic rings. The first-order valence-electron chi connectivity index (χ1n) is 8.14. The van der Waals surface area contributed by atoms with Crippen molar-refractivity contribution < 1.29 is 110 Å². The van der Waals surface area contributed by atoms with Crippen molar-refractivity contribution in [1.82, 2.24) is 0 Å². The van der Waals surface area contributed by atoms with Crippen LogP contribution < -0.4 is 76.3 Å². The molecule has 30 heavy (non-hydrogen) atoms. The number of ether oxygens (including phenoxy) is 2. The van der Waals surface area contributed by atoms with Crippen molar-refractivity contribution in [2.45, 2.75) is 56.7 Å². The molecule has 0 radical (unpaired) electrons. The number of hydrogen-bond acceptors (Lipinski definition) is 11. The zero-order chi connectivity index (χ0) is 21.9. The van der Waals surface area contributed by atoms with Crippen LogP contribution in [-0.2, 0) is 38.2 Å². The van der Waals surface area contributed by atoms with Crippen molar-refractivity contribution in [3.63, 3.8) is 0 Å². The number of carboxylic acid groups (broad SMARTS) is 2. The van der Waals surface area contributed by atoms with Gasteiger partial charge < -0.3 is 39.7 Å². The van der Waals surface area contributed by atoms with Gasteiger partial charge in [-0.15, -0.1) is 0 Å². The van der Waals surface area contributed by atoms with Crippen molar-refractivity contribution in [2.24, 2.45) is 17.2 Å². The number of carbonyl (C=O) groups excluding carboxylic acids is 4. The Morgan fingerprint density at radius 2 is 0.933 bits per heavy atom. The van der Waals surface area contributed by atoms with Crippen molar-refractivity contribution in [1.29, 1.82) is 0 Å². The molecule has 0 heterocycles. The predicted molar refractivity (Wildman–Crippen MR) is 91.3 cm³/mol. The third-order valence-corrected chi connectivity index (χ3v) is 3.36. The molecule has 0 aliphatic carbocycles. The molecule has 0 amide bonds. The number of rotatable bonds is 12. The van der Waals surface area contributed by atoms with E-state index in [1.54, 1.807) is 0 Å². The van der Waals surface area contributed by atoms with Crippen LogP contribution in [0.3, 0.4) is 0 Å². The summed E-state index contributed by atoms with van der Waals surface area (Å²) in [7, 11) is 0. The van der Waals surface area contributed by atoms with Crippen LogP contribution in [0, 0.1) is 0 Å². The van der Waals surface area contributed by atoms with Gasteiger partial charge in [0.25, 0.3) is 0 Å². The molecule has 162 valence electrons. The van der Waals surface area contributed by atoms with Gasteiger partial charge in [0.05, 0.1) is 0 Å². The molecule has 0 aliphatic rings.